The molecular formula is C13H18FNO. The molecule has 1 amide bonds. The van der Waals surface area contributed by atoms with Crippen LogP contribution in [0, 0.1) is 11.2 Å². The molecule has 16 heavy (non-hydrogen) atoms. The molecule has 0 heterocycles. The Labute approximate surface area is 95.9 Å². The molecule has 1 unspecified atom stereocenters. The second-order valence-electron chi connectivity index (χ2n) is 5.04. The minimum atomic E-state index is -0.485. The van der Waals surface area contributed by atoms with Gasteiger partial charge in [-0.2, -0.15) is 0 Å². The second-order valence-corrected chi connectivity index (χ2v) is 5.04. The SMILES string of the molecule is CC(NC(=O)c1ccccc1F)C(C)(C)C. The molecule has 0 aliphatic rings. The number of nitrogens with one attached hydrogen (secondary N) is 1. The van der Waals surface area contributed by atoms with Crippen LogP contribution >= 0.6 is 0 Å². The third kappa shape index (κ3) is 3.05. The largest absolute Gasteiger partial charge is 0.349 e. The van der Waals surface area contributed by atoms with Crippen LogP contribution in [0.3, 0.4) is 0 Å². The predicted molar refractivity (Wildman–Crippen MR) is 62.8 cm³/mol. The lowest BCUT2D eigenvalue weighted by molar-refractivity contribution is 0.0906. The molecule has 1 N–H and O–H groups in total. The number of rotatable bonds is 2. The van der Waals surface area contributed by atoms with Gasteiger partial charge < -0.3 is 5.32 Å². The van der Waals surface area contributed by atoms with Gasteiger partial charge in [0.25, 0.3) is 5.91 Å². The molecule has 3 heteroatoms. The van der Waals surface area contributed by atoms with Crippen LogP contribution in [-0.2, 0) is 0 Å². The molecule has 0 radical (unpaired) electrons. The van der Waals surface area contributed by atoms with Crippen molar-refractivity contribution < 1.29 is 9.18 Å². The summed E-state index contributed by atoms with van der Waals surface area (Å²) in [5.74, 6) is -0.846. The summed E-state index contributed by atoms with van der Waals surface area (Å²) in [4.78, 5) is 11.8. The number of amides is 1. The average Bonchev–Trinajstić information content (AvgIpc) is 2.16. The maximum absolute atomic E-state index is 13.3. The van der Waals surface area contributed by atoms with Crippen molar-refractivity contribution in [1.29, 1.82) is 0 Å². The highest BCUT2D eigenvalue weighted by Crippen LogP contribution is 2.19. The Balaban J connectivity index is 2.78. The Morgan fingerprint density at radius 2 is 1.88 bits per heavy atom. The lowest BCUT2D eigenvalue weighted by atomic mass is 9.88. The Hall–Kier alpha value is -1.38. The highest BCUT2D eigenvalue weighted by atomic mass is 19.1. The highest BCUT2D eigenvalue weighted by Gasteiger charge is 2.22. The molecule has 1 rings (SSSR count). The van der Waals surface area contributed by atoms with E-state index < -0.39 is 5.82 Å². The Bertz CT molecular complexity index is 382. The first-order chi connectivity index (χ1) is 7.32. The van der Waals surface area contributed by atoms with Crippen molar-refractivity contribution in [3.8, 4) is 0 Å². The van der Waals surface area contributed by atoms with Crippen LogP contribution in [-0.4, -0.2) is 11.9 Å². The zero-order valence-corrected chi connectivity index (χ0v) is 10.2. The standard InChI is InChI=1S/C13H18FNO/c1-9(13(2,3)4)15-12(16)10-7-5-6-8-11(10)14/h5-9H,1-4H3,(H,15,16). The molecular weight excluding hydrogens is 205 g/mol. The normalized spacial score (nSPS) is 13.3. The summed E-state index contributed by atoms with van der Waals surface area (Å²) in [6, 6.07) is 5.98. The molecule has 88 valence electrons. The van der Waals surface area contributed by atoms with Gasteiger partial charge in [0.1, 0.15) is 5.82 Å². The van der Waals surface area contributed by atoms with Crippen molar-refractivity contribution in [2.45, 2.75) is 33.7 Å². The van der Waals surface area contributed by atoms with E-state index in [2.05, 4.69) is 5.32 Å². The molecule has 1 atom stereocenters. The van der Waals surface area contributed by atoms with E-state index in [9.17, 15) is 9.18 Å². The molecule has 0 saturated carbocycles. The summed E-state index contributed by atoms with van der Waals surface area (Å²) in [6.07, 6.45) is 0. The molecule has 0 fully saturated rings. The van der Waals surface area contributed by atoms with Gasteiger partial charge in [-0.05, 0) is 24.5 Å². The predicted octanol–water partition coefficient (Wildman–Crippen LogP) is 2.99. The maximum Gasteiger partial charge on any atom is 0.254 e. The molecule has 1 aromatic rings. The maximum atomic E-state index is 13.3. The van der Waals surface area contributed by atoms with Gasteiger partial charge in [-0.25, -0.2) is 4.39 Å². The van der Waals surface area contributed by atoms with Crippen molar-refractivity contribution in [2.24, 2.45) is 5.41 Å². The summed E-state index contributed by atoms with van der Waals surface area (Å²) >= 11 is 0. The average molecular weight is 223 g/mol. The number of hydrogen-bond acceptors (Lipinski definition) is 1. The van der Waals surface area contributed by atoms with Gasteiger partial charge in [0, 0.05) is 6.04 Å². The van der Waals surface area contributed by atoms with Gasteiger partial charge in [0.05, 0.1) is 5.56 Å². The van der Waals surface area contributed by atoms with Crippen LogP contribution in [0.1, 0.15) is 38.1 Å². The van der Waals surface area contributed by atoms with Gasteiger partial charge >= 0.3 is 0 Å². The van der Waals surface area contributed by atoms with E-state index in [1.807, 2.05) is 27.7 Å². The van der Waals surface area contributed by atoms with Crippen LogP contribution in [0.5, 0.6) is 0 Å². The first-order valence-corrected chi connectivity index (χ1v) is 5.38. The number of carbonyl (C=O) groups excluding carboxylic acids is 1. The van der Waals surface area contributed by atoms with E-state index in [1.165, 1.54) is 12.1 Å². The van der Waals surface area contributed by atoms with E-state index >= 15 is 0 Å². The second kappa shape index (κ2) is 4.64. The van der Waals surface area contributed by atoms with Crippen molar-refractivity contribution >= 4 is 5.91 Å². The zero-order chi connectivity index (χ0) is 12.3. The minimum Gasteiger partial charge on any atom is -0.349 e. The van der Waals surface area contributed by atoms with E-state index in [-0.39, 0.29) is 22.9 Å². The number of carbonyl (C=O) groups is 1. The monoisotopic (exact) mass is 223 g/mol. The molecule has 0 aromatic heterocycles. The third-order valence-corrected chi connectivity index (χ3v) is 2.77. The fraction of sp³-hybridized carbons (Fsp3) is 0.462. The lowest BCUT2D eigenvalue weighted by Crippen LogP contribution is -2.41. The molecule has 2 nitrogen and oxygen atoms in total. The van der Waals surface area contributed by atoms with Crippen LogP contribution in [0.25, 0.3) is 0 Å². The summed E-state index contributed by atoms with van der Waals surface area (Å²) in [5, 5.41) is 2.80. The molecule has 0 aliphatic heterocycles. The van der Waals surface area contributed by atoms with E-state index in [0.29, 0.717) is 0 Å². The van der Waals surface area contributed by atoms with Crippen LogP contribution < -0.4 is 5.32 Å². The van der Waals surface area contributed by atoms with Crippen LogP contribution in [0.2, 0.25) is 0 Å². The van der Waals surface area contributed by atoms with E-state index in [1.54, 1.807) is 12.1 Å². The summed E-state index contributed by atoms with van der Waals surface area (Å²) in [5.41, 5.74) is 0.0552. The van der Waals surface area contributed by atoms with E-state index in [4.69, 9.17) is 0 Å². The zero-order valence-electron chi connectivity index (χ0n) is 10.2. The topological polar surface area (TPSA) is 29.1 Å². The van der Waals surface area contributed by atoms with Gasteiger partial charge in [0.2, 0.25) is 0 Å². The lowest BCUT2D eigenvalue weighted by Gasteiger charge is -2.28. The first-order valence-electron chi connectivity index (χ1n) is 5.38. The quantitative estimate of drug-likeness (QED) is 0.820. The van der Waals surface area contributed by atoms with Crippen LogP contribution in [0.4, 0.5) is 4.39 Å². The van der Waals surface area contributed by atoms with Crippen molar-refractivity contribution in [2.75, 3.05) is 0 Å². The smallest absolute Gasteiger partial charge is 0.254 e. The van der Waals surface area contributed by atoms with E-state index in [0.717, 1.165) is 0 Å². The molecule has 0 spiro atoms. The number of halogens is 1. The van der Waals surface area contributed by atoms with Gasteiger partial charge in [-0.15, -0.1) is 0 Å². The molecule has 0 saturated heterocycles. The first kappa shape index (κ1) is 12.7. The third-order valence-electron chi connectivity index (χ3n) is 2.77. The summed E-state index contributed by atoms with van der Waals surface area (Å²) < 4.78 is 13.3. The summed E-state index contributed by atoms with van der Waals surface area (Å²) in [7, 11) is 0. The van der Waals surface area contributed by atoms with Gasteiger partial charge in [-0.3, -0.25) is 4.79 Å². The Kier molecular flexibility index (Phi) is 3.68. The number of hydrogen-bond donors (Lipinski definition) is 1. The molecule has 0 aliphatic carbocycles. The van der Waals surface area contributed by atoms with Crippen molar-refractivity contribution in [3.05, 3.63) is 35.6 Å². The van der Waals surface area contributed by atoms with Crippen LogP contribution in [0.15, 0.2) is 24.3 Å². The Morgan fingerprint density at radius 1 is 1.31 bits per heavy atom. The van der Waals surface area contributed by atoms with Gasteiger partial charge in [0.15, 0.2) is 0 Å². The van der Waals surface area contributed by atoms with Crippen molar-refractivity contribution in [3.63, 3.8) is 0 Å². The number of benzene rings is 1. The van der Waals surface area contributed by atoms with Gasteiger partial charge in [-0.1, -0.05) is 32.9 Å². The molecule has 1 aromatic carbocycles. The highest BCUT2D eigenvalue weighted by molar-refractivity contribution is 5.94. The summed E-state index contributed by atoms with van der Waals surface area (Å²) in [6.45, 7) is 8.00. The fourth-order valence-electron chi connectivity index (χ4n) is 1.14. The fourth-order valence-corrected chi connectivity index (χ4v) is 1.14. The van der Waals surface area contributed by atoms with Crippen molar-refractivity contribution in [1.82, 2.24) is 5.32 Å². The Morgan fingerprint density at radius 3 is 2.38 bits per heavy atom. The minimum absolute atomic E-state index is 0.0143. The molecule has 0 bridgehead atoms.